The maximum atomic E-state index is 5.10. The predicted octanol–water partition coefficient (Wildman–Crippen LogP) is 3.45. The molecule has 1 N–H and O–H groups in total. The number of aryl methyl sites for hydroxylation is 1. The highest BCUT2D eigenvalue weighted by Gasteiger charge is 2.08. The van der Waals surface area contributed by atoms with Crippen LogP contribution in [0.2, 0.25) is 0 Å². The predicted molar refractivity (Wildman–Crippen MR) is 79.3 cm³/mol. The standard InChI is InChI=1S/C15H20N2OS/c1-11-8-17-15(19-11)12(2)16-9-13-4-6-14(7-5-13)10-18-3/h4-8,12,16H,9-10H2,1-3H3. The molecule has 0 spiro atoms. The van der Waals surface area contributed by atoms with Crippen molar-refractivity contribution in [1.82, 2.24) is 10.3 Å². The minimum atomic E-state index is 0.289. The van der Waals surface area contributed by atoms with Crippen molar-refractivity contribution < 1.29 is 4.74 Å². The average Bonchev–Trinajstić information content (AvgIpc) is 2.85. The van der Waals surface area contributed by atoms with Crippen molar-refractivity contribution in [1.29, 1.82) is 0 Å². The van der Waals surface area contributed by atoms with E-state index in [0.717, 1.165) is 11.6 Å². The van der Waals surface area contributed by atoms with E-state index in [1.807, 2.05) is 6.20 Å². The first-order chi connectivity index (χ1) is 9.19. The molecule has 1 aromatic carbocycles. The van der Waals surface area contributed by atoms with Gasteiger partial charge in [0.1, 0.15) is 5.01 Å². The van der Waals surface area contributed by atoms with Crippen molar-refractivity contribution >= 4 is 11.3 Å². The first kappa shape index (κ1) is 14.2. The Morgan fingerprint density at radius 1 is 1.26 bits per heavy atom. The number of rotatable bonds is 6. The molecule has 0 aliphatic rings. The Morgan fingerprint density at radius 3 is 2.53 bits per heavy atom. The van der Waals surface area contributed by atoms with Gasteiger partial charge in [-0.05, 0) is 25.0 Å². The summed E-state index contributed by atoms with van der Waals surface area (Å²) in [5, 5.41) is 4.64. The molecular weight excluding hydrogens is 256 g/mol. The Hall–Kier alpha value is -1.23. The molecule has 102 valence electrons. The van der Waals surface area contributed by atoms with Gasteiger partial charge < -0.3 is 10.1 Å². The fourth-order valence-corrected chi connectivity index (χ4v) is 2.65. The van der Waals surface area contributed by atoms with Gasteiger partial charge in [0, 0.05) is 24.7 Å². The maximum absolute atomic E-state index is 5.10. The molecule has 1 heterocycles. The molecule has 2 aromatic rings. The van der Waals surface area contributed by atoms with Gasteiger partial charge in [0.05, 0.1) is 12.6 Å². The summed E-state index contributed by atoms with van der Waals surface area (Å²) in [6, 6.07) is 8.79. The monoisotopic (exact) mass is 276 g/mol. The lowest BCUT2D eigenvalue weighted by Crippen LogP contribution is -2.17. The molecule has 0 saturated carbocycles. The van der Waals surface area contributed by atoms with E-state index >= 15 is 0 Å². The average molecular weight is 276 g/mol. The van der Waals surface area contributed by atoms with Gasteiger partial charge in [-0.15, -0.1) is 11.3 Å². The lowest BCUT2D eigenvalue weighted by Gasteiger charge is -2.11. The summed E-state index contributed by atoms with van der Waals surface area (Å²) in [7, 11) is 1.72. The Labute approximate surface area is 118 Å². The lowest BCUT2D eigenvalue weighted by molar-refractivity contribution is 0.185. The van der Waals surface area contributed by atoms with Gasteiger partial charge in [0.25, 0.3) is 0 Å². The van der Waals surface area contributed by atoms with Gasteiger partial charge in [-0.3, -0.25) is 0 Å². The number of aromatic nitrogens is 1. The third-order valence-electron chi connectivity index (χ3n) is 2.96. The number of thiazole rings is 1. The second-order valence-corrected chi connectivity index (χ2v) is 5.93. The summed E-state index contributed by atoms with van der Waals surface area (Å²) in [6.07, 6.45) is 1.93. The van der Waals surface area contributed by atoms with Crippen molar-refractivity contribution in [2.24, 2.45) is 0 Å². The summed E-state index contributed by atoms with van der Waals surface area (Å²) in [4.78, 5) is 5.66. The number of hydrogen-bond donors (Lipinski definition) is 1. The zero-order valence-corrected chi connectivity index (χ0v) is 12.5. The zero-order valence-electron chi connectivity index (χ0n) is 11.6. The van der Waals surface area contributed by atoms with Gasteiger partial charge in [-0.1, -0.05) is 24.3 Å². The Bertz CT molecular complexity index is 507. The SMILES string of the molecule is COCc1ccc(CNC(C)c2ncc(C)s2)cc1. The fourth-order valence-electron chi connectivity index (χ4n) is 1.85. The third-order valence-corrected chi connectivity index (χ3v) is 4.05. The summed E-state index contributed by atoms with van der Waals surface area (Å²) in [5.74, 6) is 0. The highest BCUT2D eigenvalue weighted by Crippen LogP contribution is 2.19. The van der Waals surface area contributed by atoms with Crippen molar-refractivity contribution in [3.05, 3.63) is 51.5 Å². The number of hydrogen-bond acceptors (Lipinski definition) is 4. The second-order valence-electron chi connectivity index (χ2n) is 4.66. The molecule has 0 aliphatic carbocycles. The van der Waals surface area contributed by atoms with Crippen LogP contribution >= 0.6 is 11.3 Å². The number of nitrogens with one attached hydrogen (secondary N) is 1. The van der Waals surface area contributed by atoms with Gasteiger partial charge in [-0.2, -0.15) is 0 Å². The van der Waals surface area contributed by atoms with Gasteiger partial charge in [-0.25, -0.2) is 4.98 Å². The molecule has 0 aliphatic heterocycles. The van der Waals surface area contributed by atoms with E-state index in [0.29, 0.717) is 6.61 Å². The molecule has 1 aromatic heterocycles. The Morgan fingerprint density at radius 2 is 1.95 bits per heavy atom. The van der Waals surface area contributed by atoms with Crippen molar-refractivity contribution in [3.63, 3.8) is 0 Å². The van der Waals surface area contributed by atoms with E-state index in [1.54, 1.807) is 18.4 Å². The van der Waals surface area contributed by atoms with Crippen LogP contribution < -0.4 is 5.32 Å². The normalized spacial score (nSPS) is 12.6. The van der Waals surface area contributed by atoms with Crippen LogP contribution in [-0.4, -0.2) is 12.1 Å². The van der Waals surface area contributed by atoms with Crippen LogP contribution in [0.5, 0.6) is 0 Å². The van der Waals surface area contributed by atoms with E-state index < -0.39 is 0 Å². The minimum Gasteiger partial charge on any atom is -0.380 e. The van der Waals surface area contributed by atoms with Crippen molar-refractivity contribution in [2.45, 2.75) is 33.0 Å². The molecule has 0 radical (unpaired) electrons. The topological polar surface area (TPSA) is 34.1 Å². The molecule has 0 amide bonds. The largest absolute Gasteiger partial charge is 0.380 e. The van der Waals surface area contributed by atoms with Crippen LogP contribution in [-0.2, 0) is 17.9 Å². The van der Waals surface area contributed by atoms with Gasteiger partial charge in [0.15, 0.2) is 0 Å². The number of benzene rings is 1. The summed E-state index contributed by atoms with van der Waals surface area (Å²) in [5.41, 5.74) is 2.48. The van der Waals surface area contributed by atoms with Crippen LogP contribution in [0.1, 0.15) is 34.0 Å². The summed E-state index contributed by atoms with van der Waals surface area (Å²) < 4.78 is 5.10. The number of methoxy groups -OCH3 is 1. The van der Waals surface area contributed by atoms with Crippen LogP contribution in [0.25, 0.3) is 0 Å². The molecule has 19 heavy (non-hydrogen) atoms. The Kier molecular flexibility index (Phi) is 5.07. The van der Waals surface area contributed by atoms with Crippen LogP contribution in [0.4, 0.5) is 0 Å². The van der Waals surface area contributed by atoms with Gasteiger partial charge >= 0.3 is 0 Å². The second kappa shape index (κ2) is 6.80. The van der Waals surface area contributed by atoms with Crippen molar-refractivity contribution in [3.8, 4) is 0 Å². The summed E-state index contributed by atoms with van der Waals surface area (Å²) in [6.45, 7) is 5.76. The maximum Gasteiger partial charge on any atom is 0.109 e. The number of nitrogens with zero attached hydrogens (tertiary/aromatic N) is 1. The molecule has 1 atom stereocenters. The lowest BCUT2D eigenvalue weighted by atomic mass is 10.1. The van der Waals surface area contributed by atoms with Crippen LogP contribution in [0, 0.1) is 6.92 Å². The first-order valence-corrected chi connectivity index (χ1v) is 7.23. The molecular formula is C15H20N2OS. The van der Waals surface area contributed by atoms with Crippen LogP contribution in [0.15, 0.2) is 30.5 Å². The molecule has 0 saturated heterocycles. The molecule has 1 unspecified atom stereocenters. The van der Waals surface area contributed by atoms with E-state index in [-0.39, 0.29) is 6.04 Å². The van der Waals surface area contributed by atoms with Crippen LogP contribution in [0.3, 0.4) is 0 Å². The van der Waals surface area contributed by atoms with E-state index in [9.17, 15) is 0 Å². The van der Waals surface area contributed by atoms with Crippen molar-refractivity contribution in [2.75, 3.05) is 7.11 Å². The highest BCUT2D eigenvalue weighted by molar-refractivity contribution is 7.11. The van der Waals surface area contributed by atoms with E-state index in [4.69, 9.17) is 4.74 Å². The highest BCUT2D eigenvalue weighted by atomic mass is 32.1. The Balaban J connectivity index is 1.87. The van der Waals surface area contributed by atoms with Gasteiger partial charge in [0.2, 0.25) is 0 Å². The van der Waals surface area contributed by atoms with E-state index in [1.165, 1.54) is 16.0 Å². The first-order valence-electron chi connectivity index (χ1n) is 6.41. The fraction of sp³-hybridized carbons (Fsp3) is 0.400. The molecule has 3 nitrogen and oxygen atoms in total. The minimum absolute atomic E-state index is 0.289. The molecule has 0 bridgehead atoms. The molecule has 0 fully saturated rings. The third kappa shape index (κ3) is 4.13. The zero-order chi connectivity index (χ0) is 13.7. The smallest absolute Gasteiger partial charge is 0.109 e. The number of ether oxygens (including phenoxy) is 1. The quantitative estimate of drug-likeness (QED) is 0.877. The molecule has 4 heteroatoms. The van der Waals surface area contributed by atoms with E-state index in [2.05, 4.69) is 48.4 Å². The molecule has 2 rings (SSSR count). The summed E-state index contributed by atoms with van der Waals surface area (Å²) >= 11 is 1.75.